The summed E-state index contributed by atoms with van der Waals surface area (Å²) in [5.74, 6) is -0.560. The van der Waals surface area contributed by atoms with Crippen molar-refractivity contribution < 1.29 is 18.7 Å². The number of hydrogen-bond acceptors (Lipinski definition) is 11. The SMILES string of the molecule is CN1CCC[C@H]1COc1nc(N2CCN(CC(=O)OCc3ccccc3)[C@@H](CC#N)C2)c2cnc(-c3cncc4cccc(Cl)c34)c(F)c2n1. The zero-order chi connectivity index (χ0) is 34.6. The molecule has 5 aromatic rings. The maximum Gasteiger partial charge on any atom is 0.320 e. The summed E-state index contributed by atoms with van der Waals surface area (Å²) >= 11 is 6.59. The smallest absolute Gasteiger partial charge is 0.320 e. The number of nitriles is 1. The number of carbonyl (C=O) groups is 1. The molecule has 0 spiro atoms. The molecule has 5 heterocycles. The Morgan fingerprint density at radius 1 is 1.06 bits per heavy atom. The highest BCUT2D eigenvalue weighted by atomic mass is 35.5. The number of anilines is 1. The lowest BCUT2D eigenvalue weighted by Gasteiger charge is -2.40. The molecule has 0 amide bonds. The predicted octanol–water partition coefficient (Wildman–Crippen LogP) is 5.65. The van der Waals surface area contributed by atoms with Crippen molar-refractivity contribution in [2.45, 2.75) is 38.0 Å². The number of fused-ring (bicyclic) bond motifs is 2. The van der Waals surface area contributed by atoms with Crippen molar-refractivity contribution in [2.24, 2.45) is 0 Å². The molecule has 0 saturated carbocycles. The quantitative estimate of drug-likeness (QED) is 0.169. The van der Waals surface area contributed by atoms with Gasteiger partial charge in [0.1, 0.15) is 30.2 Å². The molecule has 2 aliphatic heterocycles. The third-order valence-corrected chi connectivity index (χ3v) is 9.83. The largest absolute Gasteiger partial charge is 0.462 e. The van der Waals surface area contributed by atoms with Crippen LogP contribution in [0.1, 0.15) is 24.8 Å². The predicted molar refractivity (Wildman–Crippen MR) is 188 cm³/mol. The third-order valence-electron chi connectivity index (χ3n) is 9.51. The summed E-state index contributed by atoms with van der Waals surface area (Å²) in [7, 11) is 2.06. The van der Waals surface area contributed by atoms with E-state index in [1.165, 1.54) is 0 Å². The van der Waals surface area contributed by atoms with Crippen molar-refractivity contribution in [3.8, 4) is 23.3 Å². The van der Waals surface area contributed by atoms with Crippen LogP contribution in [0.4, 0.5) is 10.2 Å². The molecule has 0 unspecified atom stereocenters. The van der Waals surface area contributed by atoms with Gasteiger partial charge >= 0.3 is 12.0 Å². The minimum atomic E-state index is -0.642. The van der Waals surface area contributed by atoms with Gasteiger partial charge in [0.25, 0.3) is 0 Å². The number of likely N-dealkylation sites (N-methyl/N-ethyl adjacent to an activating group) is 1. The molecule has 256 valence electrons. The van der Waals surface area contributed by atoms with Gasteiger partial charge in [-0.25, -0.2) is 4.39 Å². The van der Waals surface area contributed by atoms with E-state index in [9.17, 15) is 10.1 Å². The van der Waals surface area contributed by atoms with Crippen LogP contribution in [0.5, 0.6) is 6.01 Å². The number of carbonyl (C=O) groups excluding carboxylic acids is 1. The summed E-state index contributed by atoms with van der Waals surface area (Å²) < 4.78 is 28.4. The summed E-state index contributed by atoms with van der Waals surface area (Å²) in [6, 6.07) is 17.1. The van der Waals surface area contributed by atoms with Gasteiger partial charge in [-0.2, -0.15) is 15.2 Å². The second-order valence-corrected chi connectivity index (χ2v) is 13.1. The van der Waals surface area contributed by atoms with E-state index in [0.717, 1.165) is 30.3 Å². The number of rotatable bonds is 10. The minimum absolute atomic E-state index is 0.0436. The Bertz CT molecular complexity index is 2060. The highest BCUT2D eigenvalue weighted by Gasteiger charge is 2.32. The number of benzene rings is 2. The molecule has 2 aromatic carbocycles. The standard InChI is InChI=1S/C37H36ClFN8O3/c1-45-14-6-10-27(45)23-50-37-43-35-29(19-42-34(33(35)39)28-18-41-17-25-9-5-11-30(38)32(25)28)36(44-37)47-16-15-46(26(20-47)12-13-40)21-31(48)49-22-24-7-3-2-4-8-24/h2-5,7-9,11,17-19,26-27H,6,10,12,14-16,20-23H2,1H3/t26-,27-/m0/s1. The van der Waals surface area contributed by atoms with E-state index in [-0.39, 0.29) is 54.8 Å². The molecular weight excluding hydrogens is 659 g/mol. The van der Waals surface area contributed by atoms with Crippen LogP contribution in [-0.4, -0.2) is 94.2 Å². The van der Waals surface area contributed by atoms with Crippen LogP contribution in [0.25, 0.3) is 32.9 Å². The average Bonchev–Trinajstić information content (AvgIpc) is 3.55. The van der Waals surface area contributed by atoms with Gasteiger partial charge in [0.05, 0.1) is 24.4 Å². The van der Waals surface area contributed by atoms with E-state index in [0.29, 0.717) is 53.4 Å². The van der Waals surface area contributed by atoms with Crippen LogP contribution < -0.4 is 9.64 Å². The zero-order valence-corrected chi connectivity index (χ0v) is 28.4. The van der Waals surface area contributed by atoms with Crippen LogP contribution in [0.2, 0.25) is 5.02 Å². The Labute approximate surface area is 294 Å². The maximum absolute atomic E-state index is 16.7. The number of aromatic nitrogens is 4. The van der Waals surface area contributed by atoms with Crippen molar-refractivity contribution in [2.75, 3.05) is 51.3 Å². The number of pyridine rings is 2. The number of ether oxygens (including phenoxy) is 2. The number of hydrogen-bond donors (Lipinski definition) is 0. The van der Waals surface area contributed by atoms with E-state index in [1.54, 1.807) is 24.7 Å². The lowest BCUT2D eigenvalue weighted by Crippen LogP contribution is -2.54. The fraction of sp³-hybridized carbons (Fsp3) is 0.351. The molecule has 11 nitrogen and oxygen atoms in total. The van der Waals surface area contributed by atoms with E-state index >= 15 is 4.39 Å². The fourth-order valence-corrected chi connectivity index (χ4v) is 7.07. The van der Waals surface area contributed by atoms with E-state index in [1.807, 2.05) is 52.3 Å². The zero-order valence-electron chi connectivity index (χ0n) is 27.6. The van der Waals surface area contributed by atoms with Crippen molar-refractivity contribution in [1.29, 1.82) is 5.26 Å². The lowest BCUT2D eigenvalue weighted by atomic mass is 10.0. The molecule has 0 N–H and O–H groups in total. The molecule has 50 heavy (non-hydrogen) atoms. The fourth-order valence-electron chi connectivity index (χ4n) is 6.79. The Kier molecular flexibility index (Phi) is 9.98. The molecule has 13 heteroatoms. The van der Waals surface area contributed by atoms with Crippen LogP contribution in [0.15, 0.2) is 67.1 Å². The van der Waals surface area contributed by atoms with Crippen molar-refractivity contribution in [3.63, 3.8) is 0 Å². The molecule has 2 atom stereocenters. The number of likely N-dealkylation sites (tertiary alicyclic amines) is 1. The van der Waals surface area contributed by atoms with Crippen LogP contribution >= 0.6 is 11.6 Å². The first kappa shape index (κ1) is 33.5. The second-order valence-electron chi connectivity index (χ2n) is 12.7. The molecule has 0 bridgehead atoms. The van der Waals surface area contributed by atoms with Crippen LogP contribution in [-0.2, 0) is 16.1 Å². The highest BCUT2D eigenvalue weighted by Crippen LogP contribution is 2.37. The second kappa shape index (κ2) is 14.9. The highest BCUT2D eigenvalue weighted by molar-refractivity contribution is 6.36. The van der Waals surface area contributed by atoms with E-state index in [4.69, 9.17) is 26.1 Å². The molecule has 0 aliphatic carbocycles. The molecule has 2 aliphatic rings. The summed E-state index contributed by atoms with van der Waals surface area (Å²) in [5.41, 5.74) is 1.47. The lowest BCUT2D eigenvalue weighted by molar-refractivity contribution is -0.147. The summed E-state index contributed by atoms with van der Waals surface area (Å²) in [6.45, 7) is 2.83. The van der Waals surface area contributed by atoms with Gasteiger partial charge in [0, 0.05) is 71.7 Å². The molecular formula is C37H36ClFN8O3. The Morgan fingerprint density at radius 2 is 1.92 bits per heavy atom. The van der Waals surface area contributed by atoms with E-state index in [2.05, 4.69) is 33.0 Å². The van der Waals surface area contributed by atoms with Gasteiger partial charge in [-0.1, -0.05) is 54.1 Å². The normalized spacial score (nSPS) is 18.4. The molecule has 7 rings (SSSR count). The monoisotopic (exact) mass is 694 g/mol. The van der Waals surface area contributed by atoms with Gasteiger partial charge in [0.2, 0.25) is 0 Å². The first-order chi connectivity index (χ1) is 24.4. The first-order valence-corrected chi connectivity index (χ1v) is 17.0. The van der Waals surface area contributed by atoms with Crippen LogP contribution in [0.3, 0.4) is 0 Å². The van der Waals surface area contributed by atoms with Crippen molar-refractivity contribution in [3.05, 3.63) is 83.5 Å². The average molecular weight is 695 g/mol. The topological polar surface area (TPSA) is 121 Å². The maximum atomic E-state index is 16.7. The van der Waals surface area contributed by atoms with E-state index < -0.39 is 5.82 Å². The van der Waals surface area contributed by atoms with Crippen molar-refractivity contribution >= 4 is 45.1 Å². The number of esters is 1. The van der Waals surface area contributed by atoms with Crippen molar-refractivity contribution in [1.82, 2.24) is 29.7 Å². The molecule has 3 aromatic heterocycles. The third kappa shape index (κ3) is 7.03. The first-order valence-electron chi connectivity index (χ1n) is 16.7. The van der Waals surface area contributed by atoms with Gasteiger partial charge in [-0.3, -0.25) is 19.7 Å². The van der Waals surface area contributed by atoms with Gasteiger partial charge in [0.15, 0.2) is 5.82 Å². The van der Waals surface area contributed by atoms with Gasteiger partial charge in [-0.05, 0) is 38.1 Å². The van der Waals surface area contributed by atoms with Crippen LogP contribution in [0, 0.1) is 17.1 Å². The summed E-state index contributed by atoms with van der Waals surface area (Å²) in [5, 5.41) is 12.0. The Hall–Kier alpha value is -4.96. The number of nitrogens with zero attached hydrogens (tertiary/aromatic N) is 8. The summed E-state index contributed by atoms with van der Waals surface area (Å²) in [4.78, 5) is 37.3. The van der Waals surface area contributed by atoms with Gasteiger partial charge in [-0.15, -0.1) is 0 Å². The molecule has 0 radical (unpaired) electrons. The Balaban J connectivity index is 1.21. The minimum Gasteiger partial charge on any atom is -0.462 e. The molecule has 2 fully saturated rings. The number of halogens is 2. The molecule has 2 saturated heterocycles. The van der Waals surface area contributed by atoms with Gasteiger partial charge < -0.3 is 19.3 Å². The Morgan fingerprint density at radius 3 is 2.72 bits per heavy atom. The summed E-state index contributed by atoms with van der Waals surface area (Å²) in [6.07, 6.45) is 7.03. The number of piperazine rings is 1.